The average Bonchev–Trinajstić information content (AvgIpc) is 2.77. The van der Waals surface area contributed by atoms with E-state index in [0.29, 0.717) is 24.2 Å². The first-order valence-corrected chi connectivity index (χ1v) is 6.30. The van der Waals surface area contributed by atoms with Gasteiger partial charge in [0.1, 0.15) is 17.3 Å². The number of benzene rings is 1. The van der Waals surface area contributed by atoms with Crippen LogP contribution < -0.4 is 5.73 Å². The van der Waals surface area contributed by atoms with Crippen LogP contribution in [-0.4, -0.2) is 11.9 Å². The Hall–Kier alpha value is -1.65. The normalized spacial score (nSPS) is 11.2. The van der Waals surface area contributed by atoms with Gasteiger partial charge in [-0.1, -0.05) is 18.2 Å². The van der Waals surface area contributed by atoms with E-state index in [2.05, 4.69) is 0 Å². The Bertz CT molecular complexity index is 551. The second-order valence-corrected chi connectivity index (χ2v) is 4.78. The summed E-state index contributed by atoms with van der Waals surface area (Å²) in [7, 11) is 1.94. The van der Waals surface area contributed by atoms with Crippen molar-refractivity contribution in [2.24, 2.45) is 5.73 Å². The Balaban J connectivity index is 2.04. The van der Waals surface area contributed by atoms with E-state index in [1.54, 1.807) is 12.1 Å². The molecule has 2 aromatic rings. The fraction of sp³-hybridized carbons (Fsp3) is 0.333. The highest BCUT2D eigenvalue weighted by Crippen LogP contribution is 2.16. The van der Waals surface area contributed by atoms with Crippen LogP contribution in [-0.2, 0) is 19.6 Å². The highest BCUT2D eigenvalue weighted by Gasteiger charge is 2.10. The van der Waals surface area contributed by atoms with Gasteiger partial charge in [-0.3, -0.25) is 4.90 Å². The lowest BCUT2D eigenvalue weighted by Crippen LogP contribution is -2.18. The lowest BCUT2D eigenvalue weighted by Gasteiger charge is -2.16. The third kappa shape index (κ3) is 3.43. The molecule has 4 heteroatoms. The van der Waals surface area contributed by atoms with Crippen molar-refractivity contribution >= 4 is 0 Å². The van der Waals surface area contributed by atoms with Crippen LogP contribution in [0.25, 0.3) is 0 Å². The minimum Gasteiger partial charge on any atom is -0.465 e. The molecule has 0 spiro atoms. The van der Waals surface area contributed by atoms with Crippen LogP contribution in [0.5, 0.6) is 0 Å². The van der Waals surface area contributed by atoms with Crippen LogP contribution in [0, 0.1) is 12.7 Å². The zero-order valence-corrected chi connectivity index (χ0v) is 11.3. The molecule has 3 nitrogen and oxygen atoms in total. The molecule has 0 radical (unpaired) electrons. The minimum absolute atomic E-state index is 0.201. The molecule has 0 amide bonds. The number of nitrogens with two attached hydrogens (primary N) is 1. The maximum Gasteiger partial charge on any atom is 0.132 e. The quantitative estimate of drug-likeness (QED) is 0.901. The van der Waals surface area contributed by atoms with Crippen LogP contribution in [0.3, 0.4) is 0 Å². The maximum absolute atomic E-state index is 14.0. The number of hydrogen-bond donors (Lipinski definition) is 1. The summed E-state index contributed by atoms with van der Waals surface area (Å²) < 4.78 is 19.6. The van der Waals surface area contributed by atoms with Crippen LogP contribution in [0.2, 0.25) is 0 Å². The summed E-state index contributed by atoms with van der Waals surface area (Å²) in [5.41, 5.74) is 6.72. The molecule has 0 fully saturated rings. The van der Waals surface area contributed by atoms with Crippen molar-refractivity contribution in [3.8, 4) is 0 Å². The van der Waals surface area contributed by atoms with E-state index in [1.165, 1.54) is 0 Å². The Morgan fingerprint density at radius 2 is 1.89 bits per heavy atom. The summed E-state index contributed by atoms with van der Waals surface area (Å²) in [6.07, 6.45) is 0. The third-order valence-corrected chi connectivity index (χ3v) is 3.04. The van der Waals surface area contributed by atoms with Crippen LogP contribution in [0.15, 0.2) is 34.7 Å². The number of furan rings is 1. The minimum atomic E-state index is -0.201. The molecule has 0 aliphatic rings. The molecule has 0 aliphatic heterocycles. The smallest absolute Gasteiger partial charge is 0.132 e. The van der Waals surface area contributed by atoms with Gasteiger partial charge >= 0.3 is 0 Å². The Kier molecular flexibility index (Phi) is 4.35. The van der Waals surface area contributed by atoms with Crippen molar-refractivity contribution < 1.29 is 8.81 Å². The molecule has 0 unspecified atom stereocenters. The summed E-state index contributed by atoms with van der Waals surface area (Å²) in [6, 6.07) is 9.22. The van der Waals surface area contributed by atoms with E-state index < -0.39 is 0 Å². The molecule has 102 valence electrons. The summed E-state index contributed by atoms with van der Waals surface area (Å²) in [6.45, 7) is 3.31. The largest absolute Gasteiger partial charge is 0.465 e. The fourth-order valence-electron chi connectivity index (χ4n) is 2.10. The highest BCUT2D eigenvalue weighted by atomic mass is 19.1. The summed E-state index contributed by atoms with van der Waals surface area (Å²) in [4.78, 5) is 2.01. The number of halogens is 1. The first kappa shape index (κ1) is 13.8. The monoisotopic (exact) mass is 262 g/mol. The van der Waals surface area contributed by atoms with Gasteiger partial charge in [-0.2, -0.15) is 0 Å². The van der Waals surface area contributed by atoms with Gasteiger partial charge in [-0.25, -0.2) is 4.39 Å². The van der Waals surface area contributed by atoms with E-state index in [4.69, 9.17) is 10.2 Å². The predicted octanol–water partition coefficient (Wildman–Crippen LogP) is 2.82. The highest BCUT2D eigenvalue weighted by molar-refractivity contribution is 5.25. The average molecular weight is 262 g/mol. The number of hydrogen-bond acceptors (Lipinski definition) is 3. The zero-order chi connectivity index (χ0) is 13.8. The van der Waals surface area contributed by atoms with E-state index >= 15 is 0 Å². The number of nitrogens with zero attached hydrogens (tertiary/aromatic N) is 1. The number of rotatable bonds is 5. The molecule has 0 saturated heterocycles. The number of aryl methyl sites for hydroxylation is 1. The van der Waals surface area contributed by atoms with E-state index in [-0.39, 0.29) is 12.4 Å². The molecule has 0 bridgehead atoms. The first-order chi connectivity index (χ1) is 9.10. The molecule has 0 aliphatic carbocycles. The lowest BCUT2D eigenvalue weighted by molar-refractivity contribution is 0.281. The third-order valence-electron chi connectivity index (χ3n) is 3.04. The molecule has 1 heterocycles. The van der Waals surface area contributed by atoms with Gasteiger partial charge in [-0.05, 0) is 26.1 Å². The molecule has 1 aromatic heterocycles. The molecule has 19 heavy (non-hydrogen) atoms. The molecule has 2 N–H and O–H groups in total. The van der Waals surface area contributed by atoms with Crippen molar-refractivity contribution in [2.75, 3.05) is 7.05 Å². The standard InChI is InChI=1S/C15H19FN2O/c1-11-6-7-14(19-11)10-18(2)9-13-5-3-4-12(8-17)15(13)16/h3-7H,8-10,17H2,1-2H3. The van der Waals surface area contributed by atoms with Gasteiger partial charge in [0.05, 0.1) is 6.54 Å². The second-order valence-electron chi connectivity index (χ2n) is 4.78. The van der Waals surface area contributed by atoms with Gasteiger partial charge < -0.3 is 10.2 Å². The molecule has 0 atom stereocenters. The van der Waals surface area contributed by atoms with Gasteiger partial charge in [0.25, 0.3) is 0 Å². The molecule has 2 rings (SSSR count). The van der Waals surface area contributed by atoms with Crippen molar-refractivity contribution in [1.29, 1.82) is 0 Å². The Morgan fingerprint density at radius 1 is 1.16 bits per heavy atom. The van der Waals surface area contributed by atoms with Crippen LogP contribution in [0.1, 0.15) is 22.6 Å². The van der Waals surface area contributed by atoms with Crippen LogP contribution >= 0.6 is 0 Å². The van der Waals surface area contributed by atoms with Gasteiger partial charge in [0.2, 0.25) is 0 Å². The van der Waals surface area contributed by atoms with Crippen molar-refractivity contribution in [1.82, 2.24) is 4.90 Å². The first-order valence-electron chi connectivity index (χ1n) is 6.30. The SMILES string of the molecule is Cc1ccc(CN(C)Cc2cccc(CN)c2F)o1. The predicted molar refractivity (Wildman–Crippen MR) is 72.9 cm³/mol. The van der Waals surface area contributed by atoms with Gasteiger partial charge in [0.15, 0.2) is 0 Å². The van der Waals surface area contributed by atoms with E-state index in [9.17, 15) is 4.39 Å². The van der Waals surface area contributed by atoms with E-state index in [1.807, 2.05) is 37.1 Å². The lowest BCUT2D eigenvalue weighted by atomic mass is 10.1. The second kappa shape index (κ2) is 5.99. The summed E-state index contributed by atoms with van der Waals surface area (Å²) in [5.74, 6) is 1.57. The summed E-state index contributed by atoms with van der Waals surface area (Å²) >= 11 is 0. The molecular weight excluding hydrogens is 243 g/mol. The van der Waals surface area contributed by atoms with Crippen molar-refractivity contribution in [3.05, 3.63) is 58.8 Å². The van der Waals surface area contributed by atoms with Crippen molar-refractivity contribution in [2.45, 2.75) is 26.6 Å². The molecule has 0 saturated carbocycles. The molecular formula is C15H19FN2O. The summed E-state index contributed by atoms with van der Waals surface area (Å²) in [5, 5.41) is 0. The van der Waals surface area contributed by atoms with Crippen molar-refractivity contribution in [3.63, 3.8) is 0 Å². The molecule has 1 aromatic carbocycles. The van der Waals surface area contributed by atoms with E-state index in [0.717, 1.165) is 11.5 Å². The Labute approximate surface area is 112 Å². The fourth-order valence-corrected chi connectivity index (χ4v) is 2.10. The topological polar surface area (TPSA) is 42.4 Å². The van der Waals surface area contributed by atoms with Gasteiger partial charge in [0, 0.05) is 24.2 Å². The van der Waals surface area contributed by atoms with Gasteiger partial charge in [-0.15, -0.1) is 0 Å². The maximum atomic E-state index is 14.0. The zero-order valence-electron chi connectivity index (χ0n) is 11.3. The Morgan fingerprint density at radius 3 is 2.53 bits per heavy atom. The van der Waals surface area contributed by atoms with Crippen LogP contribution in [0.4, 0.5) is 4.39 Å².